The van der Waals surface area contributed by atoms with Crippen LogP contribution in [0, 0.1) is 0 Å². The molecule has 6 heteroatoms. The van der Waals surface area contributed by atoms with Crippen molar-refractivity contribution in [1.82, 2.24) is 5.43 Å². The quantitative estimate of drug-likeness (QED) is 0.658. The first kappa shape index (κ1) is 14.1. The van der Waals surface area contributed by atoms with Gasteiger partial charge >= 0.3 is 0 Å². The number of methoxy groups -OCH3 is 2. The molecule has 1 aromatic heterocycles. The molecule has 0 spiro atoms. The maximum atomic E-state index is 6.20. The fraction of sp³-hybridized carbons (Fsp3) is 0.231. The SMILES string of the molecule is COc1cc(C(NN)c2ccsc2)cc(Cl)c1OC. The Morgan fingerprint density at radius 1 is 1.26 bits per heavy atom. The number of benzene rings is 1. The van der Waals surface area contributed by atoms with E-state index in [4.69, 9.17) is 26.9 Å². The largest absolute Gasteiger partial charge is 0.493 e. The van der Waals surface area contributed by atoms with Crippen LogP contribution < -0.4 is 20.7 Å². The van der Waals surface area contributed by atoms with Gasteiger partial charge in [0.1, 0.15) is 0 Å². The fourth-order valence-corrected chi connectivity index (χ4v) is 2.91. The van der Waals surface area contributed by atoms with Crippen LogP contribution in [0.15, 0.2) is 29.0 Å². The standard InChI is InChI=1S/C13H15ClN2O2S/c1-17-11-6-9(5-10(14)13(11)18-2)12(16-15)8-3-4-19-7-8/h3-7,12,16H,15H2,1-2H3. The van der Waals surface area contributed by atoms with Crippen LogP contribution >= 0.6 is 22.9 Å². The normalized spacial score (nSPS) is 12.2. The predicted octanol–water partition coefficient (Wildman–Crippen LogP) is 2.97. The number of nitrogens with two attached hydrogens (primary N) is 1. The Bertz CT molecular complexity index is 546. The maximum absolute atomic E-state index is 6.20. The third kappa shape index (κ3) is 2.84. The summed E-state index contributed by atoms with van der Waals surface area (Å²) in [6.07, 6.45) is 0. The van der Waals surface area contributed by atoms with Gasteiger partial charge in [0.25, 0.3) is 0 Å². The minimum Gasteiger partial charge on any atom is -0.493 e. The van der Waals surface area contributed by atoms with Crippen molar-refractivity contribution in [3.8, 4) is 11.5 Å². The zero-order valence-corrected chi connectivity index (χ0v) is 12.2. The average Bonchev–Trinajstić information content (AvgIpc) is 2.92. The lowest BCUT2D eigenvalue weighted by molar-refractivity contribution is 0.354. The summed E-state index contributed by atoms with van der Waals surface area (Å²) < 4.78 is 10.5. The Kier molecular flexibility index (Phi) is 4.66. The van der Waals surface area contributed by atoms with Crippen molar-refractivity contribution < 1.29 is 9.47 Å². The molecule has 0 aliphatic rings. The number of hydrazine groups is 1. The molecule has 2 aromatic rings. The number of hydrogen-bond donors (Lipinski definition) is 2. The lowest BCUT2D eigenvalue weighted by atomic mass is 10.0. The molecule has 102 valence electrons. The van der Waals surface area contributed by atoms with E-state index in [0.29, 0.717) is 16.5 Å². The molecule has 0 saturated carbocycles. The highest BCUT2D eigenvalue weighted by Crippen LogP contribution is 2.38. The highest BCUT2D eigenvalue weighted by Gasteiger charge is 2.18. The molecule has 0 fully saturated rings. The zero-order valence-electron chi connectivity index (χ0n) is 10.6. The van der Waals surface area contributed by atoms with Gasteiger partial charge in [-0.1, -0.05) is 11.6 Å². The number of nitrogens with one attached hydrogen (secondary N) is 1. The van der Waals surface area contributed by atoms with Gasteiger partial charge in [0.05, 0.1) is 25.3 Å². The first-order valence-corrected chi connectivity index (χ1v) is 6.93. The van der Waals surface area contributed by atoms with Gasteiger partial charge in [-0.05, 0) is 40.1 Å². The van der Waals surface area contributed by atoms with Crippen LogP contribution in [0.5, 0.6) is 11.5 Å². The number of ether oxygens (including phenoxy) is 2. The average molecular weight is 299 g/mol. The molecule has 19 heavy (non-hydrogen) atoms. The number of thiophene rings is 1. The predicted molar refractivity (Wildman–Crippen MR) is 78.0 cm³/mol. The van der Waals surface area contributed by atoms with Crippen LogP contribution in [0.25, 0.3) is 0 Å². The molecule has 0 amide bonds. The van der Waals surface area contributed by atoms with Gasteiger partial charge in [-0.25, -0.2) is 5.43 Å². The Labute approximate surface area is 121 Å². The van der Waals surface area contributed by atoms with Gasteiger partial charge in [0.15, 0.2) is 11.5 Å². The van der Waals surface area contributed by atoms with Crippen molar-refractivity contribution in [3.63, 3.8) is 0 Å². The van der Waals surface area contributed by atoms with E-state index in [0.717, 1.165) is 11.1 Å². The van der Waals surface area contributed by atoms with Crippen molar-refractivity contribution >= 4 is 22.9 Å². The van der Waals surface area contributed by atoms with E-state index >= 15 is 0 Å². The van der Waals surface area contributed by atoms with Crippen molar-refractivity contribution in [1.29, 1.82) is 0 Å². The Balaban J connectivity index is 2.47. The highest BCUT2D eigenvalue weighted by atomic mass is 35.5. The maximum Gasteiger partial charge on any atom is 0.179 e. The van der Waals surface area contributed by atoms with Crippen LogP contribution in [0.4, 0.5) is 0 Å². The van der Waals surface area contributed by atoms with E-state index < -0.39 is 0 Å². The molecule has 0 saturated heterocycles. The first-order valence-electron chi connectivity index (χ1n) is 5.61. The van der Waals surface area contributed by atoms with Gasteiger partial charge in [0, 0.05) is 0 Å². The van der Waals surface area contributed by atoms with E-state index in [1.807, 2.05) is 29.0 Å². The molecule has 0 radical (unpaired) electrons. The van der Waals surface area contributed by atoms with Crippen molar-refractivity contribution in [2.45, 2.75) is 6.04 Å². The van der Waals surface area contributed by atoms with Crippen LogP contribution in [0.1, 0.15) is 17.2 Å². The third-order valence-electron chi connectivity index (χ3n) is 2.83. The van der Waals surface area contributed by atoms with Crippen molar-refractivity contribution in [3.05, 3.63) is 45.1 Å². The zero-order chi connectivity index (χ0) is 13.8. The van der Waals surface area contributed by atoms with Crippen molar-refractivity contribution in [2.24, 2.45) is 5.84 Å². The molecule has 0 bridgehead atoms. The summed E-state index contributed by atoms with van der Waals surface area (Å²) in [6.45, 7) is 0. The van der Waals surface area contributed by atoms with E-state index in [9.17, 15) is 0 Å². The summed E-state index contributed by atoms with van der Waals surface area (Å²) in [5.74, 6) is 6.75. The summed E-state index contributed by atoms with van der Waals surface area (Å²) >= 11 is 7.82. The highest BCUT2D eigenvalue weighted by molar-refractivity contribution is 7.08. The molecule has 2 rings (SSSR count). The van der Waals surface area contributed by atoms with Crippen LogP contribution in [0.3, 0.4) is 0 Å². The summed E-state index contributed by atoms with van der Waals surface area (Å²) in [4.78, 5) is 0. The monoisotopic (exact) mass is 298 g/mol. The van der Waals surface area contributed by atoms with Crippen LogP contribution in [0.2, 0.25) is 5.02 Å². The minimum absolute atomic E-state index is 0.136. The van der Waals surface area contributed by atoms with E-state index in [1.165, 1.54) is 0 Å². The van der Waals surface area contributed by atoms with Gasteiger partial charge in [-0.3, -0.25) is 5.84 Å². The molecule has 1 atom stereocenters. The Morgan fingerprint density at radius 2 is 2.05 bits per heavy atom. The van der Waals surface area contributed by atoms with Gasteiger partial charge in [0.2, 0.25) is 0 Å². The molecular formula is C13H15ClN2O2S. The van der Waals surface area contributed by atoms with E-state index in [1.54, 1.807) is 25.6 Å². The molecule has 3 N–H and O–H groups in total. The van der Waals surface area contributed by atoms with Crippen molar-refractivity contribution in [2.75, 3.05) is 14.2 Å². The summed E-state index contributed by atoms with van der Waals surface area (Å²) in [5, 5.41) is 4.53. The summed E-state index contributed by atoms with van der Waals surface area (Å²) in [6, 6.07) is 5.57. The Morgan fingerprint density at radius 3 is 2.58 bits per heavy atom. The minimum atomic E-state index is -0.136. The van der Waals surface area contributed by atoms with E-state index in [-0.39, 0.29) is 6.04 Å². The number of halogens is 1. The molecular weight excluding hydrogens is 284 g/mol. The van der Waals surface area contributed by atoms with Gasteiger partial charge in [-0.15, -0.1) is 0 Å². The molecule has 1 unspecified atom stereocenters. The lowest BCUT2D eigenvalue weighted by Gasteiger charge is -2.18. The molecule has 1 aromatic carbocycles. The summed E-state index contributed by atoms with van der Waals surface area (Å²) in [7, 11) is 3.13. The summed E-state index contributed by atoms with van der Waals surface area (Å²) in [5.41, 5.74) is 4.79. The molecule has 0 aliphatic carbocycles. The number of hydrogen-bond acceptors (Lipinski definition) is 5. The van der Waals surface area contributed by atoms with Gasteiger partial charge in [-0.2, -0.15) is 11.3 Å². The number of rotatable bonds is 5. The lowest BCUT2D eigenvalue weighted by Crippen LogP contribution is -2.28. The molecule has 0 aliphatic heterocycles. The van der Waals surface area contributed by atoms with Crippen LogP contribution in [-0.2, 0) is 0 Å². The third-order valence-corrected chi connectivity index (χ3v) is 3.81. The van der Waals surface area contributed by atoms with E-state index in [2.05, 4.69) is 5.43 Å². The first-order chi connectivity index (χ1) is 9.21. The molecule has 1 heterocycles. The fourth-order valence-electron chi connectivity index (χ4n) is 1.93. The second kappa shape index (κ2) is 6.25. The topological polar surface area (TPSA) is 56.5 Å². The molecule has 4 nitrogen and oxygen atoms in total. The van der Waals surface area contributed by atoms with Crippen LogP contribution in [-0.4, -0.2) is 14.2 Å². The smallest absolute Gasteiger partial charge is 0.179 e. The van der Waals surface area contributed by atoms with Gasteiger partial charge < -0.3 is 9.47 Å². The second-order valence-corrected chi connectivity index (χ2v) is 5.08. The Hall–Kier alpha value is -1.27. The second-order valence-electron chi connectivity index (χ2n) is 3.89.